The summed E-state index contributed by atoms with van der Waals surface area (Å²) in [5, 5.41) is 0.981. The summed E-state index contributed by atoms with van der Waals surface area (Å²) >= 11 is 1.66. The third-order valence-corrected chi connectivity index (χ3v) is 3.81. The van der Waals surface area contributed by atoms with Gasteiger partial charge in [-0.15, -0.1) is 11.3 Å². The van der Waals surface area contributed by atoms with E-state index in [0.717, 1.165) is 32.2 Å². The van der Waals surface area contributed by atoms with E-state index in [1.54, 1.807) is 18.4 Å². The van der Waals surface area contributed by atoms with Crippen LogP contribution in [0.1, 0.15) is 0 Å². The maximum atomic E-state index is 5.76. The molecule has 0 saturated heterocycles. The van der Waals surface area contributed by atoms with Crippen molar-refractivity contribution in [3.63, 3.8) is 0 Å². The van der Waals surface area contributed by atoms with Gasteiger partial charge >= 0.3 is 0 Å². The minimum atomic E-state index is 0.741. The van der Waals surface area contributed by atoms with Crippen molar-refractivity contribution in [1.82, 2.24) is 4.98 Å². The number of methoxy groups -OCH3 is 1. The van der Waals surface area contributed by atoms with Crippen LogP contribution in [0.3, 0.4) is 0 Å². The predicted molar refractivity (Wildman–Crippen MR) is 76.0 cm³/mol. The predicted octanol–water partition coefficient (Wildman–Crippen LogP) is 3.55. The van der Waals surface area contributed by atoms with Crippen molar-refractivity contribution in [2.24, 2.45) is 0 Å². The van der Waals surface area contributed by atoms with E-state index >= 15 is 0 Å². The standard InChI is InChI=1S/C14H12N2OS/c1-17-11-4-2-3-9(7-11)14-16-12-8-10(15)5-6-13(12)18-14/h2-8H,15H2,1H3. The van der Waals surface area contributed by atoms with Crippen LogP contribution in [0.5, 0.6) is 5.75 Å². The van der Waals surface area contributed by atoms with E-state index in [1.165, 1.54) is 0 Å². The Balaban J connectivity index is 2.13. The quantitative estimate of drug-likeness (QED) is 0.713. The van der Waals surface area contributed by atoms with Crippen molar-refractivity contribution >= 4 is 27.2 Å². The number of rotatable bonds is 2. The zero-order valence-corrected chi connectivity index (χ0v) is 10.7. The number of nitrogens with two attached hydrogens (primary N) is 1. The summed E-state index contributed by atoms with van der Waals surface area (Å²) in [6.45, 7) is 0. The lowest BCUT2D eigenvalue weighted by Crippen LogP contribution is -1.83. The Kier molecular flexibility index (Phi) is 2.64. The van der Waals surface area contributed by atoms with Crippen LogP contribution >= 0.6 is 11.3 Å². The first kappa shape index (κ1) is 11.0. The van der Waals surface area contributed by atoms with Gasteiger partial charge in [0.15, 0.2) is 0 Å². The molecule has 0 aliphatic heterocycles. The Morgan fingerprint density at radius 3 is 2.89 bits per heavy atom. The molecule has 0 amide bonds. The van der Waals surface area contributed by atoms with Gasteiger partial charge in [-0.25, -0.2) is 4.98 Å². The monoisotopic (exact) mass is 256 g/mol. The molecule has 0 aliphatic rings. The zero-order chi connectivity index (χ0) is 12.5. The van der Waals surface area contributed by atoms with Gasteiger partial charge in [0.2, 0.25) is 0 Å². The number of fused-ring (bicyclic) bond motifs is 1. The average molecular weight is 256 g/mol. The van der Waals surface area contributed by atoms with Gasteiger partial charge in [-0.05, 0) is 30.3 Å². The summed E-state index contributed by atoms with van der Waals surface area (Å²) in [5.41, 5.74) is 8.51. The van der Waals surface area contributed by atoms with Crippen molar-refractivity contribution in [3.05, 3.63) is 42.5 Å². The molecule has 0 atom stereocenters. The molecule has 1 heterocycles. The molecule has 1 aromatic heterocycles. The van der Waals surface area contributed by atoms with Crippen molar-refractivity contribution in [2.75, 3.05) is 12.8 Å². The molecule has 4 heteroatoms. The number of aromatic nitrogens is 1. The van der Waals surface area contributed by atoms with Crippen LogP contribution in [0.25, 0.3) is 20.8 Å². The highest BCUT2D eigenvalue weighted by Gasteiger charge is 2.07. The molecule has 18 heavy (non-hydrogen) atoms. The van der Waals surface area contributed by atoms with Gasteiger partial charge in [0.25, 0.3) is 0 Å². The Morgan fingerprint density at radius 2 is 2.06 bits per heavy atom. The maximum absolute atomic E-state index is 5.76. The topological polar surface area (TPSA) is 48.1 Å². The molecule has 0 bridgehead atoms. The Hall–Kier alpha value is -2.07. The Labute approximate surface area is 109 Å². The Morgan fingerprint density at radius 1 is 1.17 bits per heavy atom. The molecule has 0 unspecified atom stereocenters. The normalized spacial score (nSPS) is 10.7. The molecule has 3 aromatic rings. The van der Waals surface area contributed by atoms with E-state index in [1.807, 2.05) is 42.5 Å². The molecule has 0 radical (unpaired) electrons. The number of nitrogen functional groups attached to an aromatic ring is 1. The summed E-state index contributed by atoms with van der Waals surface area (Å²) in [4.78, 5) is 4.60. The molecule has 0 saturated carbocycles. The van der Waals surface area contributed by atoms with Crippen LogP contribution in [-0.4, -0.2) is 12.1 Å². The fourth-order valence-corrected chi connectivity index (χ4v) is 2.77. The molecule has 0 aliphatic carbocycles. The second-order valence-corrected chi connectivity index (χ2v) is 5.01. The number of ether oxygens (including phenoxy) is 1. The van der Waals surface area contributed by atoms with Gasteiger partial charge in [-0.1, -0.05) is 12.1 Å². The van der Waals surface area contributed by atoms with Crippen LogP contribution < -0.4 is 10.5 Å². The fourth-order valence-electron chi connectivity index (χ4n) is 1.82. The molecule has 0 fully saturated rings. The number of anilines is 1. The van der Waals surface area contributed by atoms with Gasteiger partial charge in [0.1, 0.15) is 10.8 Å². The maximum Gasteiger partial charge on any atom is 0.124 e. The molecule has 0 spiro atoms. The molecule has 2 aromatic carbocycles. The Bertz CT molecular complexity index is 706. The van der Waals surface area contributed by atoms with Crippen LogP contribution in [-0.2, 0) is 0 Å². The molecule has 90 valence electrons. The first-order valence-corrected chi connectivity index (χ1v) is 6.38. The summed E-state index contributed by atoms with van der Waals surface area (Å²) in [6.07, 6.45) is 0. The second-order valence-electron chi connectivity index (χ2n) is 3.98. The number of thiazole rings is 1. The summed E-state index contributed by atoms with van der Waals surface area (Å²) in [5.74, 6) is 0.839. The number of hydrogen-bond acceptors (Lipinski definition) is 4. The highest BCUT2D eigenvalue weighted by Crippen LogP contribution is 2.32. The number of hydrogen-bond donors (Lipinski definition) is 1. The van der Waals surface area contributed by atoms with E-state index in [-0.39, 0.29) is 0 Å². The van der Waals surface area contributed by atoms with Crippen LogP contribution in [0, 0.1) is 0 Å². The summed E-state index contributed by atoms with van der Waals surface area (Å²) in [7, 11) is 1.66. The van der Waals surface area contributed by atoms with Gasteiger partial charge in [0, 0.05) is 11.3 Å². The third-order valence-electron chi connectivity index (χ3n) is 2.73. The average Bonchev–Trinajstić information content (AvgIpc) is 2.81. The third kappa shape index (κ3) is 1.91. The molecular formula is C14H12N2OS. The first-order valence-electron chi connectivity index (χ1n) is 5.57. The second kappa shape index (κ2) is 4.31. The van der Waals surface area contributed by atoms with E-state index in [0.29, 0.717) is 0 Å². The van der Waals surface area contributed by atoms with Crippen LogP contribution in [0.4, 0.5) is 5.69 Å². The highest BCUT2D eigenvalue weighted by molar-refractivity contribution is 7.21. The van der Waals surface area contributed by atoms with Gasteiger partial charge < -0.3 is 10.5 Å². The van der Waals surface area contributed by atoms with Crippen molar-refractivity contribution in [2.45, 2.75) is 0 Å². The van der Waals surface area contributed by atoms with E-state index in [9.17, 15) is 0 Å². The van der Waals surface area contributed by atoms with Crippen LogP contribution in [0.2, 0.25) is 0 Å². The fraction of sp³-hybridized carbons (Fsp3) is 0.0714. The first-order chi connectivity index (χ1) is 8.76. The van der Waals surface area contributed by atoms with Crippen LogP contribution in [0.15, 0.2) is 42.5 Å². The van der Waals surface area contributed by atoms with E-state index < -0.39 is 0 Å². The van der Waals surface area contributed by atoms with Gasteiger partial charge in [-0.3, -0.25) is 0 Å². The lowest BCUT2D eigenvalue weighted by Gasteiger charge is -2.00. The largest absolute Gasteiger partial charge is 0.497 e. The molecule has 3 nitrogen and oxygen atoms in total. The smallest absolute Gasteiger partial charge is 0.124 e. The van der Waals surface area contributed by atoms with Crippen molar-refractivity contribution in [1.29, 1.82) is 0 Å². The van der Waals surface area contributed by atoms with E-state index in [2.05, 4.69) is 4.98 Å². The van der Waals surface area contributed by atoms with Gasteiger partial charge in [-0.2, -0.15) is 0 Å². The SMILES string of the molecule is COc1cccc(-c2nc3cc(N)ccc3s2)c1. The number of nitrogens with zero attached hydrogens (tertiary/aromatic N) is 1. The molecule has 2 N–H and O–H groups in total. The lowest BCUT2D eigenvalue weighted by molar-refractivity contribution is 0.415. The lowest BCUT2D eigenvalue weighted by atomic mass is 10.2. The molecular weight excluding hydrogens is 244 g/mol. The minimum Gasteiger partial charge on any atom is -0.497 e. The van der Waals surface area contributed by atoms with Gasteiger partial charge in [0.05, 0.1) is 17.3 Å². The van der Waals surface area contributed by atoms with E-state index in [4.69, 9.17) is 10.5 Å². The minimum absolute atomic E-state index is 0.741. The zero-order valence-electron chi connectivity index (χ0n) is 9.88. The van der Waals surface area contributed by atoms with Crippen molar-refractivity contribution in [3.8, 4) is 16.3 Å². The number of benzene rings is 2. The van der Waals surface area contributed by atoms with Crippen molar-refractivity contribution < 1.29 is 4.74 Å². The molecule has 3 rings (SSSR count). The summed E-state index contributed by atoms with van der Waals surface area (Å²) in [6, 6.07) is 13.7. The summed E-state index contributed by atoms with van der Waals surface area (Å²) < 4.78 is 6.37. The highest BCUT2D eigenvalue weighted by atomic mass is 32.1.